The highest BCUT2D eigenvalue weighted by Crippen LogP contribution is 2.36. The maximum atomic E-state index is 13.6. The Morgan fingerprint density at radius 2 is 1.74 bits per heavy atom. The number of likely N-dealkylation sites (N-methyl/N-ethyl adjacent to an activating group) is 1. The molecule has 4 aromatic rings. The normalized spacial score (nSPS) is 16.2. The second-order valence-electron chi connectivity index (χ2n) is 11.2. The number of piperidine rings is 1. The van der Waals surface area contributed by atoms with Crippen molar-refractivity contribution in [1.29, 1.82) is 0 Å². The number of thiophene rings is 1. The largest absolute Gasteiger partial charge is 0.493 e. The number of nitrogens with zero attached hydrogens (tertiary/aromatic N) is 2. The minimum Gasteiger partial charge on any atom is -0.493 e. The number of ether oxygens (including phenoxy) is 4. The predicted molar refractivity (Wildman–Crippen MR) is 183 cm³/mol. The van der Waals surface area contributed by atoms with Gasteiger partial charge in [-0.25, -0.2) is 9.59 Å². The Bertz CT molecular complexity index is 1650. The summed E-state index contributed by atoms with van der Waals surface area (Å²) in [5, 5.41) is 4.08. The highest BCUT2D eigenvalue weighted by atomic mass is 35.5. The Morgan fingerprint density at radius 3 is 2.45 bits per heavy atom. The summed E-state index contributed by atoms with van der Waals surface area (Å²) < 4.78 is 22.9. The van der Waals surface area contributed by atoms with Gasteiger partial charge in [0.15, 0.2) is 11.5 Å². The average molecular weight is 699 g/mol. The summed E-state index contributed by atoms with van der Waals surface area (Å²) in [5.74, 6) is 0.201. The molecule has 2 aromatic carbocycles. The lowest BCUT2D eigenvalue weighted by atomic mass is 10.0. The van der Waals surface area contributed by atoms with Gasteiger partial charge in [-0.3, -0.25) is 10.3 Å². The van der Waals surface area contributed by atoms with E-state index in [0.29, 0.717) is 50.6 Å². The Morgan fingerprint density at radius 1 is 1.00 bits per heavy atom. The van der Waals surface area contributed by atoms with E-state index in [1.165, 1.54) is 30.8 Å². The lowest BCUT2D eigenvalue weighted by Crippen LogP contribution is -2.40. The molecular formula is C35H37Cl2N3O6S. The molecule has 0 spiro atoms. The molecule has 47 heavy (non-hydrogen) atoms. The summed E-state index contributed by atoms with van der Waals surface area (Å²) in [6, 6.07) is 17.7. The summed E-state index contributed by atoms with van der Waals surface area (Å²) in [5.41, 5.74) is 2.08. The van der Waals surface area contributed by atoms with Gasteiger partial charge in [0.2, 0.25) is 0 Å². The number of likely N-dealkylation sites (tertiary alicyclic amines) is 1. The minimum absolute atomic E-state index is 0.145. The maximum Gasteiger partial charge on any atom is 0.348 e. The first-order valence-corrected chi connectivity index (χ1v) is 16.8. The summed E-state index contributed by atoms with van der Waals surface area (Å²) >= 11 is 14.2. The Balaban J connectivity index is 1.31. The van der Waals surface area contributed by atoms with Gasteiger partial charge in [-0.15, -0.1) is 11.3 Å². The SMILES string of the molecule is COc1ccc([C@H](Cc2c(Cl)cncc2Cl)OC(=O)c2ccc(CNC(C(=O)O[C@@H]3CCCN(C)C3)c3ccccc3)s2)cc1OC. The molecule has 1 aliphatic heterocycles. The second-order valence-corrected chi connectivity index (χ2v) is 13.2. The van der Waals surface area contributed by atoms with Gasteiger partial charge < -0.3 is 23.8 Å². The molecule has 2 aromatic heterocycles. The van der Waals surface area contributed by atoms with E-state index in [1.54, 1.807) is 31.4 Å². The van der Waals surface area contributed by atoms with Crippen molar-refractivity contribution in [3.63, 3.8) is 0 Å². The van der Waals surface area contributed by atoms with E-state index >= 15 is 0 Å². The quantitative estimate of drug-likeness (QED) is 0.147. The first kappa shape index (κ1) is 34.7. The molecule has 5 rings (SSSR count). The fraction of sp³-hybridized carbons (Fsp3) is 0.343. The predicted octanol–water partition coefficient (Wildman–Crippen LogP) is 7.08. The second kappa shape index (κ2) is 16.4. The van der Waals surface area contributed by atoms with Crippen LogP contribution in [0.5, 0.6) is 11.5 Å². The first-order valence-electron chi connectivity index (χ1n) is 15.2. The van der Waals surface area contributed by atoms with Crippen LogP contribution >= 0.6 is 34.5 Å². The molecule has 3 heterocycles. The van der Waals surface area contributed by atoms with Crippen LogP contribution in [0.1, 0.15) is 56.2 Å². The van der Waals surface area contributed by atoms with Gasteiger partial charge in [-0.05, 0) is 67.4 Å². The van der Waals surface area contributed by atoms with Crippen molar-refractivity contribution in [3.8, 4) is 11.5 Å². The summed E-state index contributed by atoms with van der Waals surface area (Å²) in [6.07, 6.45) is 4.15. The third-order valence-corrected chi connectivity index (χ3v) is 9.66. The van der Waals surface area contributed by atoms with Crippen LogP contribution in [0.3, 0.4) is 0 Å². The molecule has 0 amide bonds. The highest BCUT2D eigenvalue weighted by Gasteiger charge is 2.28. The van der Waals surface area contributed by atoms with Crippen LogP contribution in [-0.4, -0.2) is 62.3 Å². The lowest BCUT2D eigenvalue weighted by molar-refractivity contribution is -0.154. The molecule has 1 aliphatic rings. The topological polar surface area (TPSA) is 99.2 Å². The van der Waals surface area contributed by atoms with E-state index < -0.39 is 18.1 Å². The smallest absolute Gasteiger partial charge is 0.348 e. The summed E-state index contributed by atoms with van der Waals surface area (Å²) in [4.78, 5) is 34.4. The fourth-order valence-electron chi connectivity index (χ4n) is 5.50. The van der Waals surface area contributed by atoms with E-state index in [1.807, 2.05) is 43.4 Å². The summed E-state index contributed by atoms with van der Waals surface area (Å²) in [7, 11) is 5.12. The molecule has 1 saturated heterocycles. The maximum absolute atomic E-state index is 13.6. The fourth-order valence-corrected chi connectivity index (χ4v) is 6.86. The van der Waals surface area contributed by atoms with Gasteiger partial charge in [0.25, 0.3) is 0 Å². The van der Waals surface area contributed by atoms with Gasteiger partial charge >= 0.3 is 11.9 Å². The van der Waals surface area contributed by atoms with E-state index in [0.717, 1.165) is 29.8 Å². The van der Waals surface area contributed by atoms with Crippen molar-refractivity contribution in [2.75, 3.05) is 34.4 Å². The number of hydrogen-bond acceptors (Lipinski definition) is 10. The number of hydrogen-bond donors (Lipinski definition) is 1. The van der Waals surface area contributed by atoms with Gasteiger partial charge in [0, 0.05) is 36.8 Å². The zero-order valence-corrected chi connectivity index (χ0v) is 28.7. The van der Waals surface area contributed by atoms with E-state index in [9.17, 15) is 9.59 Å². The molecule has 12 heteroatoms. The highest BCUT2D eigenvalue weighted by molar-refractivity contribution is 7.13. The molecule has 0 saturated carbocycles. The van der Waals surface area contributed by atoms with Crippen LogP contribution < -0.4 is 14.8 Å². The Hall–Kier alpha value is -3.67. The van der Waals surface area contributed by atoms with Crippen molar-refractivity contribution in [2.45, 2.75) is 44.1 Å². The number of nitrogens with one attached hydrogen (secondary N) is 1. The molecular weight excluding hydrogens is 661 g/mol. The number of carbonyl (C=O) groups is 2. The van der Waals surface area contributed by atoms with Crippen LogP contribution in [0.4, 0.5) is 0 Å². The van der Waals surface area contributed by atoms with Crippen molar-refractivity contribution in [1.82, 2.24) is 15.2 Å². The van der Waals surface area contributed by atoms with Crippen LogP contribution in [-0.2, 0) is 27.2 Å². The zero-order valence-electron chi connectivity index (χ0n) is 26.4. The lowest BCUT2D eigenvalue weighted by Gasteiger charge is -2.30. The zero-order chi connectivity index (χ0) is 33.3. The van der Waals surface area contributed by atoms with Crippen LogP contribution in [0.15, 0.2) is 73.1 Å². The molecule has 0 aliphatic carbocycles. The van der Waals surface area contributed by atoms with E-state index in [-0.39, 0.29) is 18.5 Å². The number of methoxy groups -OCH3 is 2. The molecule has 1 unspecified atom stereocenters. The number of halogens is 2. The van der Waals surface area contributed by atoms with E-state index in [4.69, 9.17) is 42.1 Å². The van der Waals surface area contributed by atoms with Crippen LogP contribution in [0.2, 0.25) is 10.0 Å². The van der Waals surface area contributed by atoms with Crippen molar-refractivity contribution >= 4 is 46.5 Å². The number of benzene rings is 2. The molecule has 1 fully saturated rings. The number of carbonyl (C=O) groups excluding carboxylic acids is 2. The van der Waals surface area contributed by atoms with Crippen molar-refractivity contribution in [2.24, 2.45) is 0 Å². The Kier molecular flexibility index (Phi) is 12.1. The third kappa shape index (κ3) is 9.03. The van der Waals surface area contributed by atoms with Crippen molar-refractivity contribution in [3.05, 3.63) is 110 Å². The first-order chi connectivity index (χ1) is 22.7. The summed E-state index contributed by atoms with van der Waals surface area (Å²) in [6.45, 7) is 2.06. The van der Waals surface area contributed by atoms with Gasteiger partial charge in [-0.2, -0.15) is 0 Å². The number of esters is 2. The molecule has 248 valence electrons. The molecule has 1 N–H and O–H groups in total. The van der Waals surface area contributed by atoms with Gasteiger partial charge in [0.05, 0.1) is 24.3 Å². The van der Waals surface area contributed by atoms with Gasteiger partial charge in [0.1, 0.15) is 23.1 Å². The van der Waals surface area contributed by atoms with Crippen molar-refractivity contribution < 1.29 is 28.5 Å². The monoisotopic (exact) mass is 697 g/mol. The average Bonchev–Trinajstić information content (AvgIpc) is 3.55. The Labute approximate surface area is 288 Å². The minimum atomic E-state index is -0.751. The number of aromatic nitrogens is 1. The standard InChI is InChI=1S/C35H37Cl2N3O6S/c1-40-15-7-10-24(21-40)45-35(42)33(22-8-5-4-6-9-22)39-18-25-12-14-32(47-25)34(41)46-30(17-26-27(36)19-38-20-28(26)37)23-11-13-29(43-2)31(16-23)44-3/h4-6,8-9,11-14,16,19-20,24,30,33,39H,7,10,15,17-18,21H2,1-3H3/t24-,30+,33?/m1/s1. The van der Waals surface area contributed by atoms with Gasteiger partial charge in [-0.1, -0.05) is 59.6 Å². The molecule has 0 bridgehead atoms. The molecule has 9 nitrogen and oxygen atoms in total. The third-order valence-electron chi connectivity index (χ3n) is 7.95. The number of pyridine rings is 1. The number of rotatable bonds is 13. The van der Waals surface area contributed by atoms with Crippen LogP contribution in [0, 0.1) is 0 Å². The van der Waals surface area contributed by atoms with E-state index in [2.05, 4.69) is 15.2 Å². The van der Waals surface area contributed by atoms with Crippen LogP contribution in [0.25, 0.3) is 0 Å². The molecule has 3 atom stereocenters. The molecule has 0 radical (unpaired) electrons.